The molecule has 0 saturated carbocycles. The standard InChI is InChI=1S/C14H15ClSi/c1-12-7-6-10-14(11-12)16(2,15)13-8-4-3-5-9-13/h3-11H,1-2H3. The molecule has 1 atom stereocenters. The van der Waals surface area contributed by atoms with Crippen LogP contribution in [0.25, 0.3) is 0 Å². The van der Waals surface area contributed by atoms with Gasteiger partial charge in [-0.05, 0) is 23.8 Å². The molecule has 2 heteroatoms. The van der Waals surface area contributed by atoms with Crippen LogP contribution in [0, 0.1) is 6.92 Å². The van der Waals surface area contributed by atoms with Gasteiger partial charge in [0.05, 0.1) is 0 Å². The molecule has 1 unspecified atom stereocenters. The lowest BCUT2D eigenvalue weighted by molar-refractivity contribution is 1.49. The molecule has 0 N–H and O–H groups in total. The van der Waals surface area contributed by atoms with E-state index >= 15 is 0 Å². The van der Waals surface area contributed by atoms with Crippen LogP contribution in [0.15, 0.2) is 54.6 Å². The lowest BCUT2D eigenvalue weighted by Crippen LogP contribution is -2.50. The summed E-state index contributed by atoms with van der Waals surface area (Å²) in [6.07, 6.45) is 0. The molecule has 0 bridgehead atoms. The van der Waals surface area contributed by atoms with Crippen LogP contribution in [0.5, 0.6) is 0 Å². The Balaban J connectivity index is 2.47. The van der Waals surface area contributed by atoms with Crippen LogP contribution < -0.4 is 10.4 Å². The second kappa shape index (κ2) is 4.44. The molecule has 0 amide bonds. The molecule has 0 aliphatic carbocycles. The first kappa shape index (κ1) is 11.4. The molecule has 0 aliphatic heterocycles. The van der Waals surface area contributed by atoms with Crippen molar-refractivity contribution in [2.75, 3.05) is 0 Å². The van der Waals surface area contributed by atoms with Crippen LogP contribution in [-0.2, 0) is 0 Å². The SMILES string of the molecule is Cc1cccc([Si](C)(Cl)c2ccccc2)c1. The van der Waals surface area contributed by atoms with Gasteiger partial charge in [-0.1, -0.05) is 60.2 Å². The van der Waals surface area contributed by atoms with Gasteiger partial charge in [0.1, 0.15) is 0 Å². The van der Waals surface area contributed by atoms with Crippen LogP contribution in [0.2, 0.25) is 6.55 Å². The van der Waals surface area contributed by atoms with Crippen LogP contribution >= 0.6 is 11.1 Å². The van der Waals surface area contributed by atoms with Gasteiger partial charge in [0, 0.05) is 0 Å². The van der Waals surface area contributed by atoms with Gasteiger partial charge in [-0.15, -0.1) is 0 Å². The predicted molar refractivity (Wildman–Crippen MR) is 74.4 cm³/mol. The highest BCUT2D eigenvalue weighted by Crippen LogP contribution is 2.10. The maximum Gasteiger partial charge on any atom is 0.214 e. The zero-order valence-corrected chi connectivity index (χ0v) is 11.3. The second-order valence-electron chi connectivity index (χ2n) is 4.24. The zero-order valence-electron chi connectivity index (χ0n) is 9.57. The Morgan fingerprint density at radius 2 is 1.50 bits per heavy atom. The monoisotopic (exact) mass is 246 g/mol. The first-order valence-corrected chi connectivity index (χ1v) is 8.93. The summed E-state index contributed by atoms with van der Waals surface area (Å²) in [5.41, 5.74) is 1.27. The number of aryl methyl sites for hydroxylation is 1. The molecule has 0 heterocycles. The summed E-state index contributed by atoms with van der Waals surface area (Å²) < 4.78 is 0. The minimum absolute atomic E-state index is 1.27. The fourth-order valence-electron chi connectivity index (χ4n) is 1.85. The van der Waals surface area contributed by atoms with E-state index in [2.05, 4.69) is 62.0 Å². The minimum Gasteiger partial charge on any atom is -0.155 e. The number of benzene rings is 2. The van der Waals surface area contributed by atoms with E-state index in [4.69, 9.17) is 11.1 Å². The summed E-state index contributed by atoms with van der Waals surface area (Å²) in [5.74, 6) is 0. The molecule has 0 aromatic heterocycles. The summed E-state index contributed by atoms with van der Waals surface area (Å²) >= 11 is 6.80. The molecular weight excluding hydrogens is 232 g/mol. The van der Waals surface area contributed by atoms with Crippen LogP contribution in [0.3, 0.4) is 0 Å². The van der Waals surface area contributed by atoms with Gasteiger partial charge in [0.15, 0.2) is 0 Å². The lowest BCUT2D eigenvalue weighted by Gasteiger charge is -2.20. The van der Waals surface area contributed by atoms with Crippen LogP contribution in [0.4, 0.5) is 0 Å². The molecule has 16 heavy (non-hydrogen) atoms. The summed E-state index contributed by atoms with van der Waals surface area (Å²) in [7, 11) is -2.01. The van der Waals surface area contributed by atoms with E-state index < -0.39 is 7.38 Å². The number of rotatable bonds is 2. The van der Waals surface area contributed by atoms with Gasteiger partial charge < -0.3 is 0 Å². The summed E-state index contributed by atoms with van der Waals surface area (Å²) in [5, 5.41) is 2.54. The third kappa shape index (κ3) is 2.21. The number of hydrogen-bond donors (Lipinski definition) is 0. The van der Waals surface area contributed by atoms with E-state index in [-0.39, 0.29) is 0 Å². The molecule has 0 fully saturated rings. The van der Waals surface area contributed by atoms with Crippen molar-refractivity contribution in [2.45, 2.75) is 13.5 Å². The van der Waals surface area contributed by atoms with Crippen molar-refractivity contribution < 1.29 is 0 Å². The molecular formula is C14H15ClSi. The molecule has 0 nitrogen and oxygen atoms in total. The average Bonchev–Trinajstić information content (AvgIpc) is 2.30. The fraction of sp³-hybridized carbons (Fsp3) is 0.143. The summed E-state index contributed by atoms with van der Waals surface area (Å²) in [6, 6.07) is 18.9. The van der Waals surface area contributed by atoms with Crippen molar-refractivity contribution >= 4 is 28.8 Å². The largest absolute Gasteiger partial charge is 0.214 e. The zero-order chi connectivity index (χ0) is 11.6. The topological polar surface area (TPSA) is 0 Å². The van der Waals surface area contributed by atoms with Gasteiger partial charge >= 0.3 is 0 Å². The van der Waals surface area contributed by atoms with Crippen molar-refractivity contribution in [3.05, 3.63) is 60.2 Å². The lowest BCUT2D eigenvalue weighted by atomic mass is 10.2. The van der Waals surface area contributed by atoms with E-state index in [0.717, 1.165) is 0 Å². The van der Waals surface area contributed by atoms with Crippen molar-refractivity contribution in [3.8, 4) is 0 Å². The van der Waals surface area contributed by atoms with Gasteiger partial charge in [-0.2, -0.15) is 11.1 Å². The van der Waals surface area contributed by atoms with Crippen LogP contribution in [0.1, 0.15) is 5.56 Å². The van der Waals surface area contributed by atoms with Gasteiger partial charge in [-0.3, -0.25) is 0 Å². The third-order valence-corrected chi connectivity index (χ3v) is 7.00. The number of hydrogen-bond acceptors (Lipinski definition) is 0. The predicted octanol–water partition coefficient (Wildman–Crippen LogP) is 2.92. The van der Waals surface area contributed by atoms with Crippen molar-refractivity contribution in [1.29, 1.82) is 0 Å². The highest BCUT2D eigenvalue weighted by Gasteiger charge is 2.29. The molecule has 0 aliphatic rings. The Morgan fingerprint density at radius 3 is 2.12 bits per heavy atom. The molecule has 82 valence electrons. The van der Waals surface area contributed by atoms with E-state index in [0.29, 0.717) is 0 Å². The quantitative estimate of drug-likeness (QED) is 0.565. The summed E-state index contributed by atoms with van der Waals surface area (Å²) in [4.78, 5) is 0. The van der Waals surface area contributed by atoms with Crippen molar-refractivity contribution in [1.82, 2.24) is 0 Å². The molecule has 2 rings (SSSR count). The maximum atomic E-state index is 6.80. The van der Waals surface area contributed by atoms with Crippen molar-refractivity contribution in [2.24, 2.45) is 0 Å². The molecule has 0 saturated heterocycles. The number of halogens is 1. The Morgan fingerprint density at radius 1 is 0.875 bits per heavy atom. The smallest absolute Gasteiger partial charge is 0.155 e. The third-order valence-electron chi connectivity index (χ3n) is 2.88. The van der Waals surface area contributed by atoms with E-state index in [1.54, 1.807) is 0 Å². The van der Waals surface area contributed by atoms with Gasteiger partial charge in [-0.25, -0.2) is 0 Å². The minimum atomic E-state index is -2.01. The molecule has 0 spiro atoms. The summed E-state index contributed by atoms with van der Waals surface area (Å²) in [6.45, 7) is 4.29. The molecule has 2 aromatic carbocycles. The Labute approximate surface area is 103 Å². The van der Waals surface area contributed by atoms with Gasteiger partial charge in [0.25, 0.3) is 0 Å². The Bertz CT molecular complexity index is 477. The second-order valence-corrected chi connectivity index (χ2v) is 9.67. The molecule has 2 aromatic rings. The van der Waals surface area contributed by atoms with Gasteiger partial charge in [0.2, 0.25) is 7.38 Å². The first-order chi connectivity index (χ1) is 7.60. The first-order valence-electron chi connectivity index (χ1n) is 5.42. The van der Waals surface area contributed by atoms with E-state index in [1.165, 1.54) is 15.9 Å². The molecule has 0 radical (unpaired) electrons. The highest BCUT2D eigenvalue weighted by atomic mass is 35.6. The van der Waals surface area contributed by atoms with Crippen LogP contribution in [-0.4, -0.2) is 7.38 Å². The fourth-order valence-corrected chi connectivity index (χ4v) is 4.65. The average molecular weight is 247 g/mol. The van der Waals surface area contributed by atoms with E-state index in [9.17, 15) is 0 Å². The Kier molecular flexibility index (Phi) is 3.17. The maximum absolute atomic E-state index is 6.80. The van der Waals surface area contributed by atoms with Crippen molar-refractivity contribution in [3.63, 3.8) is 0 Å². The highest BCUT2D eigenvalue weighted by molar-refractivity contribution is 7.33. The normalized spacial score (nSPS) is 14.4. The van der Waals surface area contributed by atoms with E-state index in [1.807, 2.05) is 6.07 Å². The Hall–Kier alpha value is -1.05.